The summed E-state index contributed by atoms with van der Waals surface area (Å²) in [7, 11) is 0. The van der Waals surface area contributed by atoms with Crippen LogP contribution in [0.15, 0.2) is 24.3 Å². The van der Waals surface area contributed by atoms with Crippen molar-refractivity contribution in [1.29, 1.82) is 0 Å². The Bertz CT molecular complexity index is 364. The Balaban J connectivity index is 2.49. The SMILES string of the molecule is CCCNC(COCCC(C)(C)C)c1ccc(C)cc1. The maximum Gasteiger partial charge on any atom is 0.0661 e. The fraction of sp³-hybridized carbons (Fsp3) is 0.667. The standard InChI is InChI=1S/C18H31NO/c1-6-12-19-17(14-20-13-11-18(3,4)5)16-9-7-15(2)8-10-16/h7-10,17,19H,6,11-14H2,1-5H3. The van der Waals surface area contributed by atoms with Crippen LogP contribution in [0.25, 0.3) is 0 Å². The summed E-state index contributed by atoms with van der Waals surface area (Å²) in [5.74, 6) is 0. The first-order chi connectivity index (χ1) is 9.42. The third-order valence-electron chi connectivity index (χ3n) is 3.40. The van der Waals surface area contributed by atoms with Crippen molar-refractivity contribution >= 4 is 0 Å². The molecular formula is C18H31NO. The van der Waals surface area contributed by atoms with E-state index in [1.54, 1.807) is 0 Å². The minimum atomic E-state index is 0.301. The van der Waals surface area contributed by atoms with Gasteiger partial charge in [-0.25, -0.2) is 0 Å². The van der Waals surface area contributed by atoms with Crippen LogP contribution in [-0.2, 0) is 4.74 Å². The zero-order valence-corrected chi connectivity index (χ0v) is 13.8. The Morgan fingerprint density at radius 3 is 2.35 bits per heavy atom. The number of hydrogen-bond acceptors (Lipinski definition) is 2. The van der Waals surface area contributed by atoms with E-state index < -0.39 is 0 Å². The van der Waals surface area contributed by atoms with E-state index in [4.69, 9.17) is 4.74 Å². The molecule has 0 aromatic heterocycles. The van der Waals surface area contributed by atoms with Crippen LogP contribution in [0.1, 0.15) is 57.7 Å². The Hall–Kier alpha value is -0.860. The molecule has 1 aromatic carbocycles. The van der Waals surface area contributed by atoms with Gasteiger partial charge in [0.05, 0.1) is 12.6 Å². The molecule has 1 aromatic rings. The maximum absolute atomic E-state index is 5.89. The fourth-order valence-electron chi connectivity index (χ4n) is 1.97. The second kappa shape index (κ2) is 8.43. The normalized spacial score (nSPS) is 13.4. The molecule has 2 nitrogen and oxygen atoms in total. The predicted molar refractivity (Wildman–Crippen MR) is 87.1 cm³/mol. The van der Waals surface area contributed by atoms with E-state index in [-0.39, 0.29) is 0 Å². The highest BCUT2D eigenvalue weighted by Gasteiger charge is 2.13. The molecule has 0 aliphatic heterocycles. The molecule has 114 valence electrons. The lowest BCUT2D eigenvalue weighted by Crippen LogP contribution is -2.27. The minimum absolute atomic E-state index is 0.301. The summed E-state index contributed by atoms with van der Waals surface area (Å²) in [4.78, 5) is 0. The van der Waals surface area contributed by atoms with Crippen LogP contribution in [0.5, 0.6) is 0 Å². The van der Waals surface area contributed by atoms with Crippen molar-refractivity contribution in [3.63, 3.8) is 0 Å². The summed E-state index contributed by atoms with van der Waals surface area (Å²) in [5.41, 5.74) is 2.97. The van der Waals surface area contributed by atoms with Crippen LogP contribution in [0.3, 0.4) is 0 Å². The molecule has 0 aliphatic rings. The Morgan fingerprint density at radius 2 is 1.80 bits per heavy atom. The molecule has 0 bridgehead atoms. The van der Waals surface area contributed by atoms with Gasteiger partial charge in [0, 0.05) is 6.61 Å². The molecule has 1 unspecified atom stereocenters. The zero-order chi connectivity index (χ0) is 15.0. The van der Waals surface area contributed by atoms with Crippen LogP contribution >= 0.6 is 0 Å². The first kappa shape index (κ1) is 17.2. The summed E-state index contributed by atoms with van der Waals surface area (Å²) in [5, 5.41) is 3.58. The lowest BCUT2D eigenvalue weighted by molar-refractivity contribution is 0.0897. The van der Waals surface area contributed by atoms with Crippen molar-refractivity contribution in [2.45, 2.75) is 53.5 Å². The molecule has 0 saturated carbocycles. The van der Waals surface area contributed by atoms with Gasteiger partial charge in [0.1, 0.15) is 0 Å². The number of ether oxygens (including phenoxy) is 1. The lowest BCUT2D eigenvalue weighted by atomic mass is 9.93. The van der Waals surface area contributed by atoms with Crippen LogP contribution in [-0.4, -0.2) is 19.8 Å². The highest BCUT2D eigenvalue weighted by atomic mass is 16.5. The third-order valence-corrected chi connectivity index (χ3v) is 3.40. The first-order valence-electron chi connectivity index (χ1n) is 7.80. The van der Waals surface area contributed by atoms with Gasteiger partial charge < -0.3 is 10.1 Å². The van der Waals surface area contributed by atoms with Crippen LogP contribution < -0.4 is 5.32 Å². The van der Waals surface area contributed by atoms with E-state index in [0.717, 1.165) is 32.6 Å². The second-order valence-corrected chi connectivity index (χ2v) is 6.80. The topological polar surface area (TPSA) is 21.3 Å². The number of rotatable bonds is 8. The Kier molecular flexibility index (Phi) is 7.25. The average molecular weight is 277 g/mol. The number of aryl methyl sites for hydroxylation is 1. The van der Waals surface area contributed by atoms with E-state index in [1.807, 2.05) is 0 Å². The molecule has 2 heteroatoms. The summed E-state index contributed by atoms with van der Waals surface area (Å²) in [6.45, 7) is 13.7. The largest absolute Gasteiger partial charge is 0.379 e. The van der Waals surface area contributed by atoms with E-state index in [1.165, 1.54) is 11.1 Å². The Labute approximate surface area is 124 Å². The molecule has 20 heavy (non-hydrogen) atoms. The van der Waals surface area contributed by atoms with Crippen LogP contribution in [0.4, 0.5) is 0 Å². The van der Waals surface area contributed by atoms with E-state index in [9.17, 15) is 0 Å². The molecule has 0 spiro atoms. The van der Waals surface area contributed by atoms with Crippen LogP contribution in [0.2, 0.25) is 0 Å². The smallest absolute Gasteiger partial charge is 0.0661 e. The first-order valence-corrected chi connectivity index (χ1v) is 7.80. The van der Waals surface area contributed by atoms with Crippen molar-refractivity contribution in [2.24, 2.45) is 5.41 Å². The minimum Gasteiger partial charge on any atom is -0.379 e. The van der Waals surface area contributed by atoms with Crippen molar-refractivity contribution in [3.05, 3.63) is 35.4 Å². The molecule has 1 atom stereocenters. The zero-order valence-electron chi connectivity index (χ0n) is 13.8. The summed E-state index contributed by atoms with van der Waals surface area (Å²) >= 11 is 0. The van der Waals surface area contributed by atoms with Gasteiger partial charge in [-0.2, -0.15) is 0 Å². The van der Waals surface area contributed by atoms with E-state index >= 15 is 0 Å². The van der Waals surface area contributed by atoms with Gasteiger partial charge in [0.15, 0.2) is 0 Å². The summed E-state index contributed by atoms with van der Waals surface area (Å²) in [6.07, 6.45) is 2.24. The lowest BCUT2D eigenvalue weighted by Gasteiger charge is -2.22. The number of nitrogens with one attached hydrogen (secondary N) is 1. The van der Waals surface area contributed by atoms with E-state index in [2.05, 4.69) is 64.2 Å². The van der Waals surface area contributed by atoms with Gasteiger partial charge in [0.25, 0.3) is 0 Å². The van der Waals surface area contributed by atoms with Crippen LogP contribution in [0, 0.1) is 12.3 Å². The van der Waals surface area contributed by atoms with Crippen molar-refractivity contribution in [2.75, 3.05) is 19.8 Å². The third kappa shape index (κ3) is 7.06. The van der Waals surface area contributed by atoms with Gasteiger partial charge in [0.2, 0.25) is 0 Å². The van der Waals surface area contributed by atoms with Crippen molar-refractivity contribution in [3.8, 4) is 0 Å². The number of hydrogen-bond donors (Lipinski definition) is 1. The molecule has 0 fully saturated rings. The fourth-order valence-corrected chi connectivity index (χ4v) is 1.97. The molecule has 1 N–H and O–H groups in total. The second-order valence-electron chi connectivity index (χ2n) is 6.80. The molecule has 0 amide bonds. The van der Waals surface area contributed by atoms with Gasteiger partial charge in [-0.3, -0.25) is 0 Å². The molecule has 0 heterocycles. The molecular weight excluding hydrogens is 246 g/mol. The molecule has 0 saturated heterocycles. The highest BCUT2D eigenvalue weighted by molar-refractivity contribution is 5.24. The van der Waals surface area contributed by atoms with Gasteiger partial charge in [-0.15, -0.1) is 0 Å². The molecule has 0 aliphatic carbocycles. The monoisotopic (exact) mass is 277 g/mol. The molecule has 0 radical (unpaired) electrons. The van der Waals surface area contributed by atoms with E-state index in [0.29, 0.717) is 11.5 Å². The Morgan fingerprint density at radius 1 is 1.15 bits per heavy atom. The van der Waals surface area contributed by atoms with Gasteiger partial charge in [-0.1, -0.05) is 57.5 Å². The quantitative estimate of drug-likeness (QED) is 0.707. The average Bonchev–Trinajstić information content (AvgIpc) is 2.38. The summed E-state index contributed by atoms with van der Waals surface area (Å²) < 4.78 is 5.89. The molecule has 1 rings (SSSR count). The van der Waals surface area contributed by atoms with Gasteiger partial charge in [-0.05, 0) is 37.3 Å². The number of benzene rings is 1. The highest BCUT2D eigenvalue weighted by Crippen LogP contribution is 2.19. The van der Waals surface area contributed by atoms with Crippen molar-refractivity contribution in [1.82, 2.24) is 5.32 Å². The van der Waals surface area contributed by atoms with Crippen molar-refractivity contribution < 1.29 is 4.74 Å². The predicted octanol–water partition coefficient (Wildman–Crippen LogP) is 4.49. The summed E-state index contributed by atoms with van der Waals surface area (Å²) in [6, 6.07) is 9.05. The van der Waals surface area contributed by atoms with Gasteiger partial charge >= 0.3 is 0 Å². The maximum atomic E-state index is 5.89.